The number of sulfonamides is 1. The fraction of sp³-hybridized carbons (Fsp3) is 0.350. The van der Waals surface area contributed by atoms with Crippen LogP contribution in [0.25, 0.3) is 5.00 Å². The Bertz CT molecular complexity index is 1240. The first-order valence-electron chi connectivity index (χ1n) is 9.54. The van der Waals surface area contributed by atoms with Crippen LogP contribution >= 0.6 is 11.3 Å². The fourth-order valence-corrected chi connectivity index (χ4v) is 5.35. The van der Waals surface area contributed by atoms with Crippen molar-refractivity contribution in [1.29, 1.82) is 5.26 Å². The molecule has 1 unspecified atom stereocenters. The van der Waals surface area contributed by atoms with Crippen molar-refractivity contribution in [1.82, 2.24) is 18.7 Å². The summed E-state index contributed by atoms with van der Waals surface area (Å²) in [5.41, 5.74) is 1.16. The summed E-state index contributed by atoms with van der Waals surface area (Å²) in [6.07, 6.45) is 2.70. The molecule has 0 spiro atoms. The molecule has 0 bridgehead atoms. The van der Waals surface area contributed by atoms with E-state index in [2.05, 4.69) is 11.2 Å². The van der Waals surface area contributed by atoms with Gasteiger partial charge in [-0.2, -0.15) is 10.4 Å². The molecule has 10 heteroatoms. The van der Waals surface area contributed by atoms with Gasteiger partial charge in [-0.3, -0.25) is 0 Å². The number of aromatic nitrogens is 3. The van der Waals surface area contributed by atoms with Crippen LogP contribution in [0.3, 0.4) is 0 Å². The van der Waals surface area contributed by atoms with Crippen LogP contribution in [-0.2, 0) is 16.6 Å². The van der Waals surface area contributed by atoms with E-state index in [1.54, 1.807) is 28.8 Å². The van der Waals surface area contributed by atoms with E-state index in [0.717, 1.165) is 23.4 Å². The Morgan fingerprint density at radius 1 is 1.27 bits per heavy atom. The van der Waals surface area contributed by atoms with Crippen LogP contribution in [0.2, 0.25) is 0 Å². The highest BCUT2D eigenvalue weighted by Gasteiger charge is 2.31. The summed E-state index contributed by atoms with van der Waals surface area (Å²) in [5, 5.41) is 16.3. The quantitative estimate of drug-likeness (QED) is 0.601. The standard InChI is InChI=1S/C20H21N5O3S2/c1-30(27,28)23-10-2-4-17(14-23)19-22-24(13-16-8-6-15(12-21)7-9-16)20(26)25(19)18-5-3-11-29-18/h3,5-9,11,17H,2,4,10,13-14H2,1H3. The van der Waals surface area contributed by atoms with Gasteiger partial charge in [-0.25, -0.2) is 26.8 Å². The van der Waals surface area contributed by atoms with Gasteiger partial charge in [0.1, 0.15) is 10.8 Å². The van der Waals surface area contributed by atoms with Crippen LogP contribution in [0.5, 0.6) is 0 Å². The smallest absolute Gasteiger partial charge is 0.246 e. The molecule has 0 saturated carbocycles. The molecule has 1 saturated heterocycles. The molecule has 3 heterocycles. The highest BCUT2D eigenvalue weighted by atomic mass is 32.2. The van der Waals surface area contributed by atoms with Crippen molar-refractivity contribution in [2.45, 2.75) is 25.3 Å². The lowest BCUT2D eigenvalue weighted by atomic mass is 9.99. The number of hydrogen-bond donors (Lipinski definition) is 0. The maximum atomic E-state index is 13.2. The van der Waals surface area contributed by atoms with Gasteiger partial charge in [0, 0.05) is 19.0 Å². The van der Waals surface area contributed by atoms with Crippen molar-refractivity contribution in [2.24, 2.45) is 0 Å². The Kier molecular flexibility index (Phi) is 5.60. The third kappa shape index (κ3) is 4.09. The first-order valence-corrected chi connectivity index (χ1v) is 12.3. The lowest BCUT2D eigenvalue weighted by Gasteiger charge is -2.30. The molecule has 1 fully saturated rings. The van der Waals surface area contributed by atoms with Gasteiger partial charge in [-0.15, -0.1) is 11.3 Å². The van der Waals surface area contributed by atoms with E-state index in [1.807, 2.05) is 17.5 Å². The molecule has 2 aromatic heterocycles. The number of thiophene rings is 1. The molecule has 30 heavy (non-hydrogen) atoms. The van der Waals surface area contributed by atoms with Gasteiger partial charge in [0.2, 0.25) is 10.0 Å². The van der Waals surface area contributed by atoms with E-state index in [1.165, 1.54) is 26.6 Å². The largest absolute Gasteiger partial charge is 0.351 e. The predicted molar refractivity (Wildman–Crippen MR) is 114 cm³/mol. The van der Waals surface area contributed by atoms with Crippen molar-refractivity contribution < 1.29 is 8.42 Å². The number of benzene rings is 1. The zero-order valence-electron chi connectivity index (χ0n) is 16.4. The molecule has 0 amide bonds. The van der Waals surface area contributed by atoms with Gasteiger partial charge < -0.3 is 0 Å². The zero-order valence-corrected chi connectivity index (χ0v) is 18.1. The predicted octanol–water partition coefficient (Wildman–Crippen LogP) is 2.15. The maximum Gasteiger partial charge on any atom is 0.351 e. The van der Waals surface area contributed by atoms with E-state index >= 15 is 0 Å². The molecule has 1 aromatic carbocycles. The van der Waals surface area contributed by atoms with E-state index in [9.17, 15) is 13.2 Å². The van der Waals surface area contributed by atoms with Gasteiger partial charge in [0.25, 0.3) is 0 Å². The highest BCUT2D eigenvalue weighted by molar-refractivity contribution is 7.88. The summed E-state index contributed by atoms with van der Waals surface area (Å²) >= 11 is 1.44. The van der Waals surface area contributed by atoms with Crippen molar-refractivity contribution in [3.05, 3.63) is 69.2 Å². The van der Waals surface area contributed by atoms with Crippen LogP contribution in [0.1, 0.15) is 35.7 Å². The average Bonchev–Trinajstić information content (AvgIpc) is 3.36. The highest BCUT2D eigenvalue weighted by Crippen LogP contribution is 2.28. The Balaban J connectivity index is 1.73. The average molecular weight is 444 g/mol. The van der Waals surface area contributed by atoms with Crippen LogP contribution in [-0.4, -0.2) is 46.4 Å². The second-order valence-electron chi connectivity index (χ2n) is 7.35. The van der Waals surface area contributed by atoms with Crippen molar-refractivity contribution in [3.8, 4) is 11.1 Å². The molecule has 0 aliphatic carbocycles. The lowest BCUT2D eigenvalue weighted by molar-refractivity contribution is 0.308. The van der Waals surface area contributed by atoms with Crippen LogP contribution in [0, 0.1) is 11.3 Å². The molecular formula is C20H21N5O3S2. The van der Waals surface area contributed by atoms with E-state index in [4.69, 9.17) is 5.26 Å². The molecule has 0 radical (unpaired) electrons. The van der Waals surface area contributed by atoms with Crippen LogP contribution in [0.4, 0.5) is 0 Å². The van der Waals surface area contributed by atoms with Gasteiger partial charge in [0.05, 0.1) is 24.4 Å². The van der Waals surface area contributed by atoms with Crippen molar-refractivity contribution in [2.75, 3.05) is 19.3 Å². The molecule has 3 aromatic rings. The molecule has 8 nitrogen and oxygen atoms in total. The number of piperidine rings is 1. The lowest BCUT2D eigenvalue weighted by Crippen LogP contribution is -2.39. The number of nitriles is 1. The first kappa shape index (κ1) is 20.5. The van der Waals surface area contributed by atoms with Gasteiger partial charge in [-0.05, 0) is 48.1 Å². The maximum absolute atomic E-state index is 13.2. The number of hydrogen-bond acceptors (Lipinski definition) is 6. The summed E-state index contributed by atoms with van der Waals surface area (Å²) in [6, 6.07) is 12.8. The SMILES string of the molecule is CS(=O)(=O)N1CCCC(c2nn(Cc3ccc(C#N)cc3)c(=O)n2-c2cccs2)C1. The Hall–Kier alpha value is -2.74. The van der Waals surface area contributed by atoms with E-state index < -0.39 is 10.0 Å². The third-order valence-corrected chi connectivity index (χ3v) is 7.35. The van der Waals surface area contributed by atoms with Crippen LogP contribution < -0.4 is 5.69 Å². The van der Waals surface area contributed by atoms with Gasteiger partial charge in [0.15, 0.2) is 0 Å². The molecule has 1 aliphatic rings. The van der Waals surface area contributed by atoms with E-state index in [-0.39, 0.29) is 18.2 Å². The minimum absolute atomic E-state index is 0.162. The summed E-state index contributed by atoms with van der Waals surface area (Å²) in [7, 11) is -3.30. The molecule has 156 valence electrons. The topological polar surface area (TPSA) is 101 Å². The first-order chi connectivity index (χ1) is 14.4. The zero-order chi connectivity index (χ0) is 21.3. The minimum Gasteiger partial charge on any atom is -0.246 e. The van der Waals surface area contributed by atoms with Gasteiger partial charge >= 0.3 is 5.69 Å². The van der Waals surface area contributed by atoms with Crippen molar-refractivity contribution >= 4 is 21.4 Å². The normalized spacial score (nSPS) is 17.7. The Morgan fingerprint density at radius 2 is 2.03 bits per heavy atom. The minimum atomic E-state index is -3.30. The second kappa shape index (κ2) is 8.18. The molecule has 1 aliphatic heterocycles. The fourth-order valence-electron chi connectivity index (χ4n) is 3.71. The van der Waals surface area contributed by atoms with Crippen LogP contribution in [0.15, 0.2) is 46.6 Å². The molecule has 0 N–H and O–H groups in total. The Labute approximate surface area is 178 Å². The summed E-state index contributed by atoms with van der Waals surface area (Å²) in [4.78, 5) is 13.2. The van der Waals surface area contributed by atoms with E-state index in [0.29, 0.717) is 24.5 Å². The molecule has 1 atom stereocenters. The number of nitrogens with zero attached hydrogens (tertiary/aromatic N) is 5. The third-order valence-electron chi connectivity index (χ3n) is 5.22. The monoisotopic (exact) mass is 443 g/mol. The summed E-state index contributed by atoms with van der Waals surface area (Å²) in [6.45, 7) is 1.08. The summed E-state index contributed by atoms with van der Waals surface area (Å²) < 4.78 is 28.6. The number of rotatable bonds is 5. The Morgan fingerprint density at radius 3 is 2.67 bits per heavy atom. The summed E-state index contributed by atoms with van der Waals surface area (Å²) in [5.74, 6) is 0.426. The van der Waals surface area contributed by atoms with Gasteiger partial charge in [-0.1, -0.05) is 12.1 Å². The molecule has 4 rings (SSSR count). The molecular weight excluding hydrogens is 422 g/mol. The van der Waals surface area contributed by atoms with Crippen molar-refractivity contribution in [3.63, 3.8) is 0 Å². The second-order valence-corrected chi connectivity index (χ2v) is 10.3.